The topological polar surface area (TPSA) is 23.1 Å². The van der Waals surface area contributed by atoms with Crippen molar-refractivity contribution in [3.63, 3.8) is 0 Å². The Labute approximate surface area is 80.7 Å². The third-order valence-corrected chi connectivity index (χ3v) is 2.46. The zero-order chi connectivity index (χ0) is 6.85. The van der Waals surface area contributed by atoms with Gasteiger partial charge in [0, 0.05) is 7.14 Å². The molecule has 1 nitrogen and oxygen atoms in total. The van der Waals surface area contributed by atoms with Gasteiger partial charge in [0.25, 0.3) is 0 Å². The Morgan fingerprint density at radius 3 is 2.33 bits per heavy atom. The first kappa shape index (κ1) is 7.59. The van der Waals surface area contributed by atoms with E-state index in [-0.39, 0.29) is 5.75 Å². The molecule has 0 saturated carbocycles. The summed E-state index contributed by atoms with van der Waals surface area (Å²) in [7, 11) is 0. The van der Waals surface area contributed by atoms with Crippen molar-refractivity contribution in [1.29, 1.82) is 0 Å². The van der Waals surface area contributed by atoms with Crippen molar-refractivity contribution in [2.24, 2.45) is 0 Å². The van der Waals surface area contributed by atoms with Crippen LogP contribution in [0.4, 0.5) is 0 Å². The van der Waals surface area contributed by atoms with Gasteiger partial charge in [0.15, 0.2) is 0 Å². The fourth-order valence-electron chi connectivity index (χ4n) is 0.477. The van der Waals surface area contributed by atoms with E-state index in [2.05, 4.69) is 22.6 Å². The lowest BCUT2D eigenvalue weighted by Gasteiger charge is -2.06. The lowest BCUT2D eigenvalue weighted by atomic mass is 10.3. The lowest BCUT2D eigenvalue weighted by molar-refractivity contribution is -0.269. The van der Waals surface area contributed by atoms with Crippen molar-refractivity contribution < 1.29 is 5.11 Å². The highest BCUT2D eigenvalue weighted by molar-refractivity contribution is 14.1. The summed E-state index contributed by atoms with van der Waals surface area (Å²) in [6.07, 6.45) is 0. The molecule has 0 saturated heterocycles. The van der Waals surface area contributed by atoms with Crippen molar-refractivity contribution in [3.8, 4) is 5.75 Å². The fraction of sp³-hybridized carbons (Fsp3) is 0. The second-order valence-corrected chi connectivity index (χ2v) is 3.98. The summed E-state index contributed by atoms with van der Waals surface area (Å²) >= 11 is 4.14. The van der Waals surface area contributed by atoms with E-state index in [0.29, 0.717) is 0 Å². The van der Waals surface area contributed by atoms with Crippen molar-refractivity contribution >= 4 is 45.2 Å². The number of benzene rings is 1. The van der Waals surface area contributed by atoms with Gasteiger partial charge in [-0.3, -0.25) is 0 Å². The number of hydrogen-bond donors (Lipinski definition) is 0. The van der Waals surface area contributed by atoms with Gasteiger partial charge in [-0.1, -0.05) is 11.8 Å². The SMILES string of the molecule is [O-]c1cc(I)ccc1I. The molecule has 0 radical (unpaired) electrons. The van der Waals surface area contributed by atoms with Crippen LogP contribution in [0, 0.1) is 7.14 Å². The highest BCUT2D eigenvalue weighted by Gasteiger charge is 1.87. The van der Waals surface area contributed by atoms with Gasteiger partial charge in [-0.15, -0.1) is 0 Å². The van der Waals surface area contributed by atoms with Gasteiger partial charge in [0.05, 0.1) is 0 Å². The molecule has 0 aliphatic rings. The molecule has 0 N–H and O–H groups in total. The fourth-order valence-corrected chi connectivity index (χ4v) is 1.28. The lowest BCUT2D eigenvalue weighted by Crippen LogP contribution is -1.92. The Bertz CT molecular complexity index is 222. The standard InChI is InChI=1S/C6H4I2O/c7-4-1-2-5(8)6(9)3-4/h1-3,9H/p-1. The molecule has 1 rings (SSSR count). The molecule has 1 aromatic carbocycles. The first-order valence-corrected chi connectivity index (χ1v) is 4.48. The summed E-state index contributed by atoms with van der Waals surface area (Å²) in [5.74, 6) is 0.113. The Hall–Kier alpha value is 0.480. The molecule has 1 aromatic rings. The van der Waals surface area contributed by atoms with Gasteiger partial charge < -0.3 is 5.11 Å². The second-order valence-electron chi connectivity index (χ2n) is 1.57. The molecule has 0 aromatic heterocycles. The van der Waals surface area contributed by atoms with Crippen LogP contribution in [0.2, 0.25) is 0 Å². The summed E-state index contributed by atoms with van der Waals surface area (Å²) in [6, 6.07) is 5.37. The molecule has 0 unspecified atom stereocenters. The molecule has 3 heteroatoms. The Morgan fingerprint density at radius 2 is 1.89 bits per heavy atom. The zero-order valence-corrected chi connectivity index (χ0v) is 8.71. The normalized spacial score (nSPS) is 9.56. The molecular weight excluding hydrogens is 342 g/mol. The van der Waals surface area contributed by atoms with Crippen LogP contribution in [-0.2, 0) is 0 Å². The van der Waals surface area contributed by atoms with Crippen LogP contribution in [0.5, 0.6) is 5.75 Å². The Kier molecular flexibility index (Phi) is 2.57. The monoisotopic (exact) mass is 345 g/mol. The van der Waals surface area contributed by atoms with E-state index in [4.69, 9.17) is 0 Å². The van der Waals surface area contributed by atoms with E-state index < -0.39 is 0 Å². The quantitative estimate of drug-likeness (QED) is 0.660. The van der Waals surface area contributed by atoms with Gasteiger partial charge in [0.1, 0.15) is 0 Å². The Morgan fingerprint density at radius 1 is 1.22 bits per heavy atom. The van der Waals surface area contributed by atoms with E-state index in [1.165, 1.54) is 0 Å². The largest absolute Gasteiger partial charge is 0.872 e. The molecule has 0 fully saturated rings. The molecule has 0 amide bonds. The number of rotatable bonds is 0. The summed E-state index contributed by atoms with van der Waals surface area (Å²) in [5.41, 5.74) is 0. The number of hydrogen-bond acceptors (Lipinski definition) is 1. The van der Waals surface area contributed by atoms with Gasteiger partial charge in [-0.2, -0.15) is 0 Å². The smallest absolute Gasteiger partial charge is 0.0124 e. The van der Waals surface area contributed by atoms with E-state index in [0.717, 1.165) is 7.14 Å². The molecule has 0 aliphatic heterocycles. The molecule has 0 aliphatic carbocycles. The first-order valence-electron chi connectivity index (χ1n) is 2.32. The predicted molar refractivity (Wildman–Crippen MR) is 51.3 cm³/mol. The van der Waals surface area contributed by atoms with Gasteiger partial charge in [-0.25, -0.2) is 0 Å². The molecule has 0 heterocycles. The maximum Gasteiger partial charge on any atom is 0.0124 e. The summed E-state index contributed by atoms with van der Waals surface area (Å²) in [6.45, 7) is 0. The minimum absolute atomic E-state index is 0.113. The molecule has 0 bridgehead atoms. The molecule has 48 valence electrons. The zero-order valence-electron chi connectivity index (χ0n) is 4.40. The summed E-state index contributed by atoms with van der Waals surface area (Å²) < 4.78 is 1.78. The van der Waals surface area contributed by atoms with E-state index >= 15 is 0 Å². The van der Waals surface area contributed by atoms with Crippen molar-refractivity contribution in [2.45, 2.75) is 0 Å². The second kappa shape index (κ2) is 3.05. The van der Waals surface area contributed by atoms with Crippen LogP contribution in [0.25, 0.3) is 0 Å². The molecule has 0 spiro atoms. The van der Waals surface area contributed by atoms with Crippen LogP contribution < -0.4 is 5.11 Å². The van der Waals surface area contributed by atoms with Crippen molar-refractivity contribution in [1.82, 2.24) is 0 Å². The highest BCUT2D eigenvalue weighted by Crippen LogP contribution is 2.18. The van der Waals surface area contributed by atoms with E-state index in [9.17, 15) is 5.11 Å². The first-order chi connectivity index (χ1) is 4.20. The van der Waals surface area contributed by atoms with Crippen LogP contribution >= 0.6 is 45.2 Å². The summed E-state index contributed by atoms with van der Waals surface area (Å²) in [5, 5.41) is 10.8. The molecule has 9 heavy (non-hydrogen) atoms. The predicted octanol–water partition coefficient (Wildman–Crippen LogP) is 1.97. The van der Waals surface area contributed by atoms with E-state index in [1.54, 1.807) is 6.07 Å². The third-order valence-electron chi connectivity index (χ3n) is 0.893. The van der Waals surface area contributed by atoms with Gasteiger partial charge in [-0.05, 0) is 57.3 Å². The van der Waals surface area contributed by atoms with Gasteiger partial charge in [0.2, 0.25) is 0 Å². The third kappa shape index (κ3) is 1.96. The van der Waals surface area contributed by atoms with Crippen LogP contribution in [0.15, 0.2) is 18.2 Å². The van der Waals surface area contributed by atoms with E-state index in [1.807, 2.05) is 34.7 Å². The maximum atomic E-state index is 10.8. The van der Waals surface area contributed by atoms with Crippen molar-refractivity contribution in [3.05, 3.63) is 25.3 Å². The summed E-state index contributed by atoms with van der Waals surface area (Å²) in [4.78, 5) is 0. The highest BCUT2D eigenvalue weighted by atomic mass is 127. The average molecular weight is 345 g/mol. The minimum atomic E-state index is 0.113. The van der Waals surface area contributed by atoms with Crippen LogP contribution in [0.1, 0.15) is 0 Å². The molecule has 0 atom stereocenters. The minimum Gasteiger partial charge on any atom is -0.872 e. The Balaban J connectivity index is 3.17. The average Bonchev–Trinajstić information content (AvgIpc) is 1.80. The van der Waals surface area contributed by atoms with Crippen LogP contribution in [-0.4, -0.2) is 0 Å². The van der Waals surface area contributed by atoms with Crippen molar-refractivity contribution in [2.75, 3.05) is 0 Å². The van der Waals surface area contributed by atoms with Gasteiger partial charge >= 0.3 is 0 Å². The maximum absolute atomic E-state index is 10.8. The van der Waals surface area contributed by atoms with Crippen LogP contribution in [0.3, 0.4) is 0 Å². The number of halogens is 2. The molecular formula is C6H3I2O-.